The van der Waals surface area contributed by atoms with E-state index in [1.54, 1.807) is 44.5 Å². The number of hydrogen-bond donors (Lipinski definition) is 1. The highest BCUT2D eigenvalue weighted by Gasteiger charge is 2.16. The summed E-state index contributed by atoms with van der Waals surface area (Å²) in [6.07, 6.45) is 1.56. The van der Waals surface area contributed by atoms with Crippen LogP contribution in [0.4, 0.5) is 5.82 Å². The fourth-order valence-electron chi connectivity index (χ4n) is 1.81. The van der Waals surface area contributed by atoms with E-state index in [2.05, 4.69) is 9.71 Å². The first-order valence-electron chi connectivity index (χ1n) is 6.02. The Morgan fingerprint density at radius 1 is 1.15 bits per heavy atom. The quantitative estimate of drug-likeness (QED) is 0.940. The third kappa shape index (κ3) is 3.08. The molecule has 0 bridgehead atoms. The van der Waals surface area contributed by atoms with Crippen LogP contribution in [0.2, 0.25) is 0 Å². The van der Waals surface area contributed by atoms with Gasteiger partial charge < -0.3 is 4.74 Å². The topological polar surface area (TPSA) is 68.3 Å². The van der Waals surface area contributed by atoms with E-state index in [-0.39, 0.29) is 4.90 Å². The van der Waals surface area contributed by atoms with Gasteiger partial charge in [0.2, 0.25) is 0 Å². The number of anilines is 1. The Balaban J connectivity index is 2.33. The second-order valence-corrected chi connectivity index (χ2v) is 6.14. The van der Waals surface area contributed by atoms with Crippen molar-refractivity contribution in [1.82, 2.24) is 4.98 Å². The summed E-state index contributed by atoms with van der Waals surface area (Å²) in [6.45, 7) is 3.67. The standard InChI is InChI=1S/C14H16N2O3S/c1-10-6-7-15-14(8-10)16-20(17,18)12-4-5-13(19-3)11(2)9-12/h4-9H,1-3H3,(H,15,16). The van der Waals surface area contributed by atoms with E-state index in [9.17, 15) is 8.42 Å². The van der Waals surface area contributed by atoms with Crippen molar-refractivity contribution in [2.24, 2.45) is 0 Å². The minimum absolute atomic E-state index is 0.180. The van der Waals surface area contributed by atoms with Crippen molar-refractivity contribution < 1.29 is 13.2 Å². The van der Waals surface area contributed by atoms with E-state index < -0.39 is 10.0 Å². The molecule has 5 nitrogen and oxygen atoms in total. The lowest BCUT2D eigenvalue weighted by Crippen LogP contribution is -2.14. The smallest absolute Gasteiger partial charge is 0.263 e. The Morgan fingerprint density at radius 2 is 1.90 bits per heavy atom. The maximum absolute atomic E-state index is 12.3. The van der Waals surface area contributed by atoms with E-state index in [0.717, 1.165) is 11.1 Å². The van der Waals surface area contributed by atoms with Gasteiger partial charge in [0.1, 0.15) is 11.6 Å². The van der Waals surface area contributed by atoms with Crippen LogP contribution in [-0.4, -0.2) is 20.5 Å². The molecule has 1 aromatic heterocycles. The Morgan fingerprint density at radius 3 is 2.50 bits per heavy atom. The first-order chi connectivity index (χ1) is 9.42. The molecule has 0 aliphatic carbocycles. The van der Waals surface area contributed by atoms with Gasteiger partial charge in [-0.25, -0.2) is 13.4 Å². The molecule has 20 heavy (non-hydrogen) atoms. The van der Waals surface area contributed by atoms with Crippen molar-refractivity contribution in [3.05, 3.63) is 47.7 Å². The number of ether oxygens (including phenoxy) is 1. The molecule has 1 aromatic carbocycles. The third-order valence-electron chi connectivity index (χ3n) is 2.83. The number of pyridine rings is 1. The van der Waals surface area contributed by atoms with Crippen LogP contribution in [0.25, 0.3) is 0 Å². The number of aryl methyl sites for hydroxylation is 2. The van der Waals surface area contributed by atoms with Crippen LogP contribution in [-0.2, 0) is 10.0 Å². The summed E-state index contributed by atoms with van der Waals surface area (Å²) >= 11 is 0. The predicted octanol–water partition coefficient (Wildman–Crippen LogP) is 2.51. The van der Waals surface area contributed by atoms with Gasteiger partial charge in [-0.2, -0.15) is 0 Å². The normalized spacial score (nSPS) is 11.2. The second-order valence-electron chi connectivity index (χ2n) is 4.46. The van der Waals surface area contributed by atoms with E-state index >= 15 is 0 Å². The average Bonchev–Trinajstić information content (AvgIpc) is 2.38. The van der Waals surface area contributed by atoms with Crippen molar-refractivity contribution in [2.75, 3.05) is 11.8 Å². The molecule has 2 aromatic rings. The van der Waals surface area contributed by atoms with E-state index in [1.807, 2.05) is 6.92 Å². The number of rotatable bonds is 4. The molecule has 0 atom stereocenters. The highest BCUT2D eigenvalue weighted by atomic mass is 32.2. The summed E-state index contributed by atoms with van der Waals surface area (Å²) in [5.41, 5.74) is 1.69. The van der Waals surface area contributed by atoms with Crippen LogP contribution in [0, 0.1) is 13.8 Å². The highest BCUT2D eigenvalue weighted by molar-refractivity contribution is 7.92. The van der Waals surface area contributed by atoms with Gasteiger partial charge in [0, 0.05) is 6.20 Å². The molecule has 0 saturated carbocycles. The number of aromatic nitrogens is 1. The lowest BCUT2D eigenvalue weighted by Gasteiger charge is -2.10. The Bertz CT molecular complexity index is 727. The van der Waals surface area contributed by atoms with Crippen molar-refractivity contribution in [3.63, 3.8) is 0 Å². The van der Waals surface area contributed by atoms with Gasteiger partial charge in [0.15, 0.2) is 0 Å². The van der Waals surface area contributed by atoms with Crippen molar-refractivity contribution in [3.8, 4) is 5.75 Å². The second kappa shape index (κ2) is 5.50. The molecule has 0 radical (unpaired) electrons. The van der Waals surface area contributed by atoms with Gasteiger partial charge in [-0.15, -0.1) is 0 Å². The average molecular weight is 292 g/mol. The van der Waals surface area contributed by atoms with E-state index in [0.29, 0.717) is 11.6 Å². The van der Waals surface area contributed by atoms with Crippen molar-refractivity contribution in [1.29, 1.82) is 0 Å². The lowest BCUT2D eigenvalue weighted by molar-refractivity contribution is 0.411. The molecule has 0 aliphatic rings. The number of benzene rings is 1. The number of nitrogens with zero attached hydrogens (tertiary/aromatic N) is 1. The first kappa shape index (κ1) is 14.3. The fraction of sp³-hybridized carbons (Fsp3) is 0.214. The van der Waals surface area contributed by atoms with Gasteiger partial charge in [0.25, 0.3) is 10.0 Å². The Hall–Kier alpha value is -2.08. The summed E-state index contributed by atoms with van der Waals surface area (Å²) in [6, 6.07) is 8.18. The molecule has 2 rings (SSSR count). The minimum atomic E-state index is -3.65. The van der Waals surface area contributed by atoms with Gasteiger partial charge in [0.05, 0.1) is 12.0 Å². The van der Waals surface area contributed by atoms with Crippen LogP contribution in [0.5, 0.6) is 5.75 Å². The molecule has 6 heteroatoms. The van der Waals surface area contributed by atoms with E-state index in [1.165, 1.54) is 6.07 Å². The van der Waals surface area contributed by atoms with Crippen LogP contribution in [0.15, 0.2) is 41.4 Å². The van der Waals surface area contributed by atoms with Gasteiger partial charge in [-0.3, -0.25) is 4.72 Å². The van der Waals surface area contributed by atoms with Crippen LogP contribution in [0.1, 0.15) is 11.1 Å². The van der Waals surface area contributed by atoms with Crippen LogP contribution in [0.3, 0.4) is 0 Å². The predicted molar refractivity (Wildman–Crippen MR) is 77.5 cm³/mol. The SMILES string of the molecule is COc1ccc(S(=O)(=O)Nc2cc(C)ccn2)cc1C. The van der Waals surface area contributed by atoms with Crippen molar-refractivity contribution in [2.45, 2.75) is 18.7 Å². The minimum Gasteiger partial charge on any atom is -0.496 e. The lowest BCUT2D eigenvalue weighted by atomic mass is 10.2. The number of nitrogens with one attached hydrogen (secondary N) is 1. The van der Waals surface area contributed by atoms with Crippen LogP contribution >= 0.6 is 0 Å². The van der Waals surface area contributed by atoms with Crippen LogP contribution < -0.4 is 9.46 Å². The monoisotopic (exact) mass is 292 g/mol. The first-order valence-corrected chi connectivity index (χ1v) is 7.51. The molecule has 1 N–H and O–H groups in total. The summed E-state index contributed by atoms with van der Waals surface area (Å²) < 4.78 is 32.1. The zero-order valence-electron chi connectivity index (χ0n) is 11.5. The molecular weight excluding hydrogens is 276 g/mol. The molecule has 0 amide bonds. The van der Waals surface area contributed by atoms with E-state index in [4.69, 9.17) is 4.74 Å². The maximum atomic E-state index is 12.3. The van der Waals surface area contributed by atoms with Gasteiger partial charge >= 0.3 is 0 Å². The molecule has 0 spiro atoms. The summed E-state index contributed by atoms with van der Waals surface area (Å²) in [5.74, 6) is 0.955. The molecule has 0 aliphatic heterocycles. The molecule has 0 fully saturated rings. The molecule has 0 saturated heterocycles. The highest BCUT2D eigenvalue weighted by Crippen LogP contribution is 2.22. The van der Waals surface area contributed by atoms with Crippen molar-refractivity contribution >= 4 is 15.8 Å². The summed E-state index contributed by atoms with van der Waals surface area (Å²) in [4.78, 5) is 4.17. The molecule has 0 unspecified atom stereocenters. The third-order valence-corrected chi connectivity index (χ3v) is 4.18. The molecular formula is C14H16N2O3S. The summed E-state index contributed by atoms with van der Waals surface area (Å²) in [5, 5.41) is 0. The largest absolute Gasteiger partial charge is 0.496 e. The fourth-order valence-corrected chi connectivity index (χ4v) is 2.89. The maximum Gasteiger partial charge on any atom is 0.263 e. The number of sulfonamides is 1. The number of methoxy groups -OCH3 is 1. The number of hydrogen-bond acceptors (Lipinski definition) is 4. The Labute approximate surface area is 118 Å². The van der Waals surface area contributed by atoms with Gasteiger partial charge in [-0.05, 0) is 55.3 Å². The zero-order valence-corrected chi connectivity index (χ0v) is 12.4. The Kier molecular flexibility index (Phi) is 3.94. The molecule has 106 valence electrons. The van der Waals surface area contributed by atoms with Gasteiger partial charge in [-0.1, -0.05) is 0 Å². The molecule has 1 heterocycles. The summed E-state index contributed by atoms with van der Waals surface area (Å²) in [7, 11) is -2.10. The zero-order chi connectivity index (χ0) is 14.8.